The van der Waals surface area contributed by atoms with Crippen LogP contribution in [0.2, 0.25) is 0 Å². The predicted molar refractivity (Wildman–Crippen MR) is 74.1 cm³/mol. The number of rotatable bonds is 9. The molecule has 18 heavy (non-hydrogen) atoms. The van der Waals surface area contributed by atoms with E-state index in [0.29, 0.717) is 12.8 Å². The maximum atomic E-state index is 11.0. The Labute approximate surface area is 115 Å². The topological polar surface area (TPSA) is 105 Å². The second-order valence-corrected chi connectivity index (χ2v) is 6.18. The minimum Gasteiger partial charge on any atom is -0.468 e. The number of esters is 2. The Kier molecular flexibility index (Phi) is 10.2. The normalized spacial score (nSPS) is 13.8. The summed E-state index contributed by atoms with van der Waals surface area (Å²) in [6, 6.07) is -1.14. The molecule has 0 aliphatic heterocycles. The Morgan fingerprint density at radius 3 is 1.56 bits per heavy atom. The van der Waals surface area contributed by atoms with Crippen LogP contribution in [0.25, 0.3) is 0 Å². The first-order valence-corrected chi connectivity index (χ1v) is 7.93. The minimum atomic E-state index is -0.569. The van der Waals surface area contributed by atoms with Crippen molar-refractivity contribution in [3.05, 3.63) is 0 Å². The van der Waals surface area contributed by atoms with Gasteiger partial charge in [-0.15, -0.1) is 0 Å². The number of hydrogen-bond acceptors (Lipinski definition) is 8. The van der Waals surface area contributed by atoms with E-state index in [1.807, 2.05) is 0 Å². The van der Waals surface area contributed by atoms with Crippen LogP contribution in [0.15, 0.2) is 0 Å². The van der Waals surface area contributed by atoms with Gasteiger partial charge in [-0.05, 0) is 12.8 Å². The molecule has 0 aliphatic carbocycles. The Balaban J connectivity index is 3.46. The van der Waals surface area contributed by atoms with Crippen LogP contribution >= 0.6 is 21.6 Å². The van der Waals surface area contributed by atoms with Crippen LogP contribution in [-0.2, 0) is 19.1 Å². The molecule has 6 nitrogen and oxygen atoms in total. The van der Waals surface area contributed by atoms with Crippen molar-refractivity contribution in [3.63, 3.8) is 0 Å². The standard InChI is InChI=1S/C10H20N2O4S2/c1-15-9(13)7(11)3-5-17-18-6-4-8(12)10(14)16-2/h7-8H,3-6,11-12H2,1-2H3/t7-,8+. The van der Waals surface area contributed by atoms with Crippen molar-refractivity contribution in [2.45, 2.75) is 24.9 Å². The molecule has 0 aromatic carbocycles. The summed E-state index contributed by atoms with van der Waals surface area (Å²) in [6.07, 6.45) is 1.13. The van der Waals surface area contributed by atoms with Crippen LogP contribution in [0.4, 0.5) is 0 Å². The van der Waals surface area contributed by atoms with Crippen LogP contribution in [0.3, 0.4) is 0 Å². The van der Waals surface area contributed by atoms with Crippen molar-refractivity contribution in [3.8, 4) is 0 Å². The molecule has 0 saturated heterocycles. The average molecular weight is 296 g/mol. The molecular formula is C10H20N2O4S2. The summed E-state index contributed by atoms with van der Waals surface area (Å²) in [6.45, 7) is 0. The molecule has 0 heterocycles. The first kappa shape index (κ1) is 17.6. The molecule has 0 rings (SSSR count). The van der Waals surface area contributed by atoms with Crippen molar-refractivity contribution in [2.75, 3.05) is 25.7 Å². The lowest BCUT2D eigenvalue weighted by Gasteiger charge is -2.09. The second-order valence-electron chi connectivity index (χ2n) is 3.48. The van der Waals surface area contributed by atoms with Gasteiger partial charge in [0.25, 0.3) is 0 Å². The van der Waals surface area contributed by atoms with Gasteiger partial charge in [0.05, 0.1) is 14.2 Å². The summed E-state index contributed by atoms with van der Waals surface area (Å²) < 4.78 is 9.02. The molecule has 0 amide bonds. The van der Waals surface area contributed by atoms with E-state index >= 15 is 0 Å². The fraction of sp³-hybridized carbons (Fsp3) is 0.800. The maximum Gasteiger partial charge on any atom is 0.322 e. The number of ether oxygens (including phenoxy) is 2. The summed E-state index contributed by atoms with van der Waals surface area (Å²) in [5.41, 5.74) is 11.1. The molecule has 0 spiro atoms. The summed E-state index contributed by atoms with van der Waals surface area (Å²) in [7, 11) is 5.82. The highest BCUT2D eigenvalue weighted by atomic mass is 33.1. The monoisotopic (exact) mass is 296 g/mol. The highest BCUT2D eigenvalue weighted by Crippen LogP contribution is 2.23. The van der Waals surface area contributed by atoms with Gasteiger partial charge in [-0.3, -0.25) is 9.59 Å². The maximum absolute atomic E-state index is 11.0. The molecule has 0 aliphatic rings. The van der Waals surface area contributed by atoms with Crippen molar-refractivity contribution in [1.29, 1.82) is 0 Å². The van der Waals surface area contributed by atoms with Crippen LogP contribution in [0.5, 0.6) is 0 Å². The molecule has 0 aromatic heterocycles. The van der Waals surface area contributed by atoms with E-state index in [4.69, 9.17) is 11.5 Å². The third kappa shape index (κ3) is 7.80. The number of carbonyl (C=O) groups excluding carboxylic acids is 2. The lowest BCUT2D eigenvalue weighted by molar-refractivity contribution is -0.143. The first-order chi connectivity index (χ1) is 8.52. The first-order valence-electron chi connectivity index (χ1n) is 5.44. The second kappa shape index (κ2) is 10.5. The van der Waals surface area contributed by atoms with E-state index in [2.05, 4.69) is 9.47 Å². The summed E-state index contributed by atoms with van der Waals surface area (Å²) >= 11 is 0. The number of methoxy groups -OCH3 is 2. The van der Waals surface area contributed by atoms with Crippen LogP contribution in [0, 0.1) is 0 Å². The SMILES string of the molecule is COC(=O)[C@H](N)CCSSCC[C@H](N)C(=O)OC. The van der Waals surface area contributed by atoms with Gasteiger partial charge in [0, 0.05) is 11.5 Å². The lowest BCUT2D eigenvalue weighted by atomic mass is 10.2. The van der Waals surface area contributed by atoms with Gasteiger partial charge in [-0.25, -0.2) is 0 Å². The van der Waals surface area contributed by atoms with Gasteiger partial charge in [-0.1, -0.05) is 21.6 Å². The lowest BCUT2D eigenvalue weighted by Crippen LogP contribution is -2.32. The van der Waals surface area contributed by atoms with Crippen LogP contribution in [0.1, 0.15) is 12.8 Å². The molecule has 0 radical (unpaired) electrons. The zero-order valence-corrected chi connectivity index (χ0v) is 12.2. The van der Waals surface area contributed by atoms with E-state index in [0.717, 1.165) is 11.5 Å². The van der Waals surface area contributed by atoms with Gasteiger partial charge in [0.1, 0.15) is 12.1 Å². The number of nitrogens with two attached hydrogens (primary N) is 2. The summed E-state index contributed by atoms with van der Waals surface area (Å²) in [5, 5.41) is 0. The van der Waals surface area contributed by atoms with E-state index in [1.165, 1.54) is 14.2 Å². The number of carbonyl (C=O) groups is 2. The van der Waals surface area contributed by atoms with Crippen LogP contribution in [-0.4, -0.2) is 49.7 Å². The van der Waals surface area contributed by atoms with Gasteiger partial charge < -0.3 is 20.9 Å². The molecule has 2 atom stereocenters. The Hall–Kier alpha value is -0.440. The van der Waals surface area contributed by atoms with Crippen molar-refractivity contribution in [1.82, 2.24) is 0 Å². The third-order valence-corrected chi connectivity index (χ3v) is 4.59. The zero-order valence-electron chi connectivity index (χ0n) is 10.6. The van der Waals surface area contributed by atoms with Crippen molar-refractivity contribution >= 4 is 33.5 Å². The highest BCUT2D eigenvalue weighted by Gasteiger charge is 2.14. The van der Waals surface area contributed by atoms with Crippen molar-refractivity contribution < 1.29 is 19.1 Å². The fourth-order valence-electron chi connectivity index (χ4n) is 1.01. The van der Waals surface area contributed by atoms with E-state index in [1.54, 1.807) is 21.6 Å². The van der Waals surface area contributed by atoms with Gasteiger partial charge in [0.15, 0.2) is 0 Å². The van der Waals surface area contributed by atoms with E-state index in [9.17, 15) is 9.59 Å². The predicted octanol–water partition coefficient (Wildman–Crippen LogP) is 0.149. The molecule has 106 valence electrons. The minimum absolute atomic E-state index is 0.395. The van der Waals surface area contributed by atoms with Gasteiger partial charge >= 0.3 is 11.9 Å². The Morgan fingerprint density at radius 1 is 0.944 bits per heavy atom. The molecule has 0 aromatic rings. The zero-order chi connectivity index (χ0) is 14.0. The van der Waals surface area contributed by atoms with E-state index in [-0.39, 0.29) is 0 Å². The third-order valence-electron chi connectivity index (χ3n) is 2.12. The molecule has 4 N–H and O–H groups in total. The molecule has 8 heteroatoms. The highest BCUT2D eigenvalue weighted by molar-refractivity contribution is 8.76. The number of hydrogen-bond donors (Lipinski definition) is 2. The summed E-state index contributed by atoms with van der Waals surface area (Å²) in [5.74, 6) is 0.699. The van der Waals surface area contributed by atoms with Gasteiger partial charge in [-0.2, -0.15) is 0 Å². The summed E-state index contributed by atoms with van der Waals surface area (Å²) in [4.78, 5) is 22.0. The average Bonchev–Trinajstić information content (AvgIpc) is 2.39. The molecule has 0 fully saturated rings. The van der Waals surface area contributed by atoms with Crippen molar-refractivity contribution in [2.24, 2.45) is 11.5 Å². The quantitative estimate of drug-likeness (QED) is 0.352. The smallest absolute Gasteiger partial charge is 0.322 e. The van der Waals surface area contributed by atoms with Gasteiger partial charge in [0.2, 0.25) is 0 Å². The largest absolute Gasteiger partial charge is 0.468 e. The van der Waals surface area contributed by atoms with E-state index < -0.39 is 24.0 Å². The molecular weight excluding hydrogens is 276 g/mol. The molecule has 0 unspecified atom stereocenters. The van der Waals surface area contributed by atoms with Crippen LogP contribution < -0.4 is 11.5 Å². The molecule has 0 bridgehead atoms. The Bertz CT molecular complexity index is 240. The molecule has 0 saturated carbocycles. The Morgan fingerprint density at radius 2 is 1.28 bits per heavy atom. The fourth-order valence-corrected chi connectivity index (χ4v) is 3.23.